The van der Waals surface area contributed by atoms with Crippen LogP contribution in [0.15, 0.2) is 36.8 Å². The molecule has 0 fully saturated rings. The largest absolute Gasteiger partial charge is 0.494 e. The first-order valence-electron chi connectivity index (χ1n) is 6.87. The summed E-state index contributed by atoms with van der Waals surface area (Å²) in [5, 5.41) is 0. The number of aromatic nitrogens is 2. The fraction of sp³-hybridized carbons (Fsp3) is 0.312. The van der Waals surface area contributed by atoms with Gasteiger partial charge >= 0.3 is 0 Å². The van der Waals surface area contributed by atoms with Crippen molar-refractivity contribution in [3.05, 3.63) is 48.0 Å². The Bertz CT molecular complexity index is 629. The van der Waals surface area contributed by atoms with Crippen molar-refractivity contribution < 1.29 is 14.3 Å². The molecule has 0 radical (unpaired) electrons. The van der Waals surface area contributed by atoms with Crippen LogP contribution in [0.5, 0.6) is 5.75 Å². The zero-order valence-electron chi connectivity index (χ0n) is 12.2. The number of Topliss-reactive ketones (excluding diaryl/α,β-unsaturated/α-hetero) is 2. The van der Waals surface area contributed by atoms with Crippen LogP contribution in [0.4, 0.5) is 0 Å². The lowest BCUT2D eigenvalue weighted by atomic mass is 10.0. The summed E-state index contributed by atoms with van der Waals surface area (Å²) in [4.78, 5) is 27.9. The average Bonchev–Trinajstić information content (AvgIpc) is 2.92. The highest BCUT2D eigenvalue weighted by Crippen LogP contribution is 2.14. The molecule has 110 valence electrons. The average molecular weight is 286 g/mol. The zero-order chi connectivity index (χ0) is 15.2. The smallest absolute Gasteiger partial charge is 0.190 e. The van der Waals surface area contributed by atoms with Crippen LogP contribution in [-0.2, 0) is 7.05 Å². The van der Waals surface area contributed by atoms with Crippen LogP contribution < -0.4 is 4.74 Å². The van der Waals surface area contributed by atoms with Crippen molar-refractivity contribution in [2.24, 2.45) is 7.05 Å². The Hall–Kier alpha value is -2.43. The topological polar surface area (TPSA) is 61.2 Å². The Kier molecular flexibility index (Phi) is 4.87. The van der Waals surface area contributed by atoms with Crippen LogP contribution in [-0.4, -0.2) is 27.7 Å². The molecule has 2 rings (SSSR count). The molecule has 2 aromatic rings. The Labute approximate surface area is 123 Å². The normalized spacial score (nSPS) is 10.4. The van der Waals surface area contributed by atoms with Crippen LogP contribution in [0, 0.1) is 0 Å². The zero-order valence-corrected chi connectivity index (χ0v) is 12.2. The first-order chi connectivity index (χ1) is 10.1. The third-order valence-corrected chi connectivity index (χ3v) is 2.96. The van der Waals surface area contributed by atoms with E-state index >= 15 is 0 Å². The second-order valence-corrected chi connectivity index (χ2v) is 4.82. The van der Waals surface area contributed by atoms with Crippen LogP contribution in [0.25, 0.3) is 0 Å². The standard InChI is InChI=1S/C16H18N2O3/c1-3-8-21-13-6-4-12(5-7-13)15(19)9-16(20)14-10-18(2)11-17-14/h4-7,10-11H,3,8-9H2,1-2H3. The number of aryl methyl sites for hydroxylation is 1. The van der Waals surface area contributed by atoms with Crippen molar-refractivity contribution >= 4 is 11.6 Å². The first-order valence-corrected chi connectivity index (χ1v) is 6.87. The summed E-state index contributed by atoms with van der Waals surface area (Å²) in [6.07, 6.45) is 3.90. The molecule has 0 saturated carbocycles. The molecule has 1 aromatic carbocycles. The lowest BCUT2D eigenvalue weighted by molar-refractivity contribution is 0.0891. The van der Waals surface area contributed by atoms with E-state index in [9.17, 15) is 9.59 Å². The highest BCUT2D eigenvalue weighted by Gasteiger charge is 2.15. The van der Waals surface area contributed by atoms with Crippen molar-refractivity contribution in [2.45, 2.75) is 19.8 Å². The van der Waals surface area contributed by atoms with Gasteiger partial charge in [0.2, 0.25) is 0 Å². The predicted molar refractivity (Wildman–Crippen MR) is 78.7 cm³/mol. The summed E-state index contributed by atoms with van der Waals surface area (Å²) >= 11 is 0. The maximum Gasteiger partial charge on any atom is 0.190 e. The minimum absolute atomic E-state index is 0.174. The van der Waals surface area contributed by atoms with E-state index in [0.29, 0.717) is 17.9 Å². The van der Waals surface area contributed by atoms with Crippen LogP contribution in [0.2, 0.25) is 0 Å². The predicted octanol–water partition coefficient (Wildman–Crippen LogP) is 2.66. The number of benzene rings is 1. The molecule has 0 aliphatic carbocycles. The molecular formula is C16H18N2O3. The number of ether oxygens (including phenoxy) is 1. The molecule has 0 N–H and O–H groups in total. The maximum atomic E-state index is 12.1. The van der Waals surface area contributed by atoms with Crippen molar-refractivity contribution in [1.29, 1.82) is 0 Å². The van der Waals surface area contributed by atoms with E-state index in [2.05, 4.69) is 4.98 Å². The lowest BCUT2D eigenvalue weighted by Gasteiger charge is -2.05. The van der Waals surface area contributed by atoms with Gasteiger partial charge in [-0.15, -0.1) is 0 Å². The lowest BCUT2D eigenvalue weighted by Crippen LogP contribution is -2.09. The van der Waals surface area contributed by atoms with Gasteiger partial charge in [-0.05, 0) is 30.7 Å². The number of hydrogen-bond donors (Lipinski definition) is 0. The Morgan fingerprint density at radius 2 is 1.90 bits per heavy atom. The van der Waals surface area contributed by atoms with E-state index in [1.54, 1.807) is 42.1 Å². The summed E-state index contributed by atoms with van der Waals surface area (Å²) in [6, 6.07) is 6.85. The molecule has 0 aliphatic heterocycles. The van der Waals surface area contributed by atoms with Gasteiger partial charge in [-0.25, -0.2) is 4.98 Å². The van der Waals surface area contributed by atoms with Gasteiger partial charge in [0.25, 0.3) is 0 Å². The summed E-state index contributed by atoms with van der Waals surface area (Å²) in [7, 11) is 1.78. The van der Waals surface area contributed by atoms with Crippen molar-refractivity contribution in [1.82, 2.24) is 9.55 Å². The highest BCUT2D eigenvalue weighted by atomic mass is 16.5. The van der Waals surface area contributed by atoms with Crippen LogP contribution in [0.3, 0.4) is 0 Å². The van der Waals surface area contributed by atoms with E-state index in [1.807, 2.05) is 6.92 Å². The van der Waals surface area contributed by atoms with Gasteiger partial charge in [-0.2, -0.15) is 0 Å². The molecule has 1 aromatic heterocycles. The van der Waals surface area contributed by atoms with Gasteiger partial charge in [-0.3, -0.25) is 9.59 Å². The van der Waals surface area contributed by atoms with E-state index in [0.717, 1.165) is 12.2 Å². The molecule has 0 saturated heterocycles. The number of carbonyl (C=O) groups excluding carboxylic acids is 2. The SMILES string of the molecule is CCCOc1ccc(C(=O)CC(=O)c2cn(C)cn2)cc1. The van der Waals surface area contributed by atoms with E-state index < -0.39 is 0 Å². The molecule has 5 heteroatoms. The number of ketones is 2. The molecule has 1 heterocycles. The molecule has 0 atom stereocenters. The molecular weight excluding hydrogens is 268 g/mol. The summed E-state index contributed by atoms with van der Waals surface area (Å²) in [5.41, 5.74) is 0.817. The van der Waals surface area contributed by atoms with Gasteiger partial charge in [0.05, 0.1) is 19.4 Å². The monoisotopic (exact) mass is 286 g/mol. The molecule has 0 unspecified atom stereocenters. The van der Waals surface area contributed by atoms with E-state index in [1.165, 1.54) is 6.33 Å². The summed E-state index contributed by atoms with van der Waals surface area (Å²) in [6.45, 7) is 2.67. The van der Waals surface area contributed by atoms with Gasteiger partial charge in [0, 0.05) is 18.8 Å². The van der Waals surface area contributed by atoms with Gasteiger partial charge in [0.15, 0.2) is 11.6 Å². The van der Waals surface area contributed by atoms with Crippen LogP contribution >= 0.6 is 0 Å². The minimum Gasteiger partial charge on any atom is -0.494 e. The molecule has 5 nitrogen and oxygen atoms in total. The van der Waals surface area contributed by atoms with Gasteiger partial charge < -0.3 is 9.30 Å². The van der Waals surface area contributed by atoms with E-state index in [-0.39, 0.29) is 18.0 Å². The number of imidazole rings is 1. The minimum atomic E-state index is -0.271. The fourth-order valence-electron chi connectivity index (χ4n) is 1.85. The maximum absolute atomic E-state index is 12.1. The Morgan fingerprint density at radius 1 is 1.19 bits per heavy atom. The molecule has 0 spiro atoms. The molecule has 0 bridgehead atoms. The quantitative estimate of drug-likeness (QED) is 0.580. The van der Waals surface area contributed by atoms with Gasteiger partial charge in [0.1, 0.15) is 11.4 Å². The summed E-state index contributed by atoms with van der Waals surface area (Å²) in [5.74, 6) is 0.240. The third-order valence-electron chi connectivity index (χ3n) is 2.96. The number of carbonyl (C=O) groups is 2. The number of hydrogen-bond acceptors (Lipinski definition) is 4. The summed E-state index contributed by atoms with van der Waals surface area (Å²) < 4.78 is 7.13. The second-order valence-electron chi connectivity index (χ2n) is 4.82. The highest BCUT2D eigenvalue weighted by molar-refractivity contribution is 6.12. The fourth-order valence-corrected chi connectivity index (χ4v) is 1.85. The number of nitrogens with zero attached hydrogens (tertiary/aromatic N) is 2. The van der Waals surface area contributed by atoms with Crippen LogP contribution in [0.1, 0.15) is 40.6 Å². The third kappa shape index (κ3) is 4.02. The van der Waals surface area contributed by atoms with Crippen molar-refractivity contribution in [3.63, 3.8) is 0 Å². The van der Waals surface area contributed by atoms with Crippen molar-refractivity contribution in [3.8, 4) is 5.75 Å². The van der Waals surface area contributed by atoms with Gasteiger partial charge in [-0.1, -0.05) is 6.92 Å². The Morgan fingerprint density at radius 3 is 2.48 bits per heavy atom. The Balaban J connectivity index is 1.98. The molecule has 0 aliphatic rings. The van der Waals surface area contributed by atoms with E-state index in [4.69, 9.17) is 4.74 Å². The first kappa shape index (κ1) is 15.0. The molecule has 0 amide bonds. The number of rotatable bonds is 7. The molecule has 21 heavy (non-hydrogen) atoms. The van der Waals surface area contributed by atoms with Crippen molar-refractivity contribution in [2.75, 3.05) is 6.61 Å². The second kappa shape index (κ2) is 6.83.